The van der Waals surface area contributed by atoms with Gasteiger partial charge in [-0.15, -0.1) is 0 Å². The van der Waals surface area contributed by atoms with Crippen molar-refractivity contribution in [1.82, 2.24) is 4.90 Å². The van der Waals surface area contributed by atoms with Gasteiger partial charge >= 0.3 is 0 Å². The summed E-state index contributed by atoms with van der Waals surface area (Å²) < 4.78 is 11.2. The van der Waals surface area contributed by atoms with Crippen LogP contribution in [0.4, 0.5) is 5.69 Å². The molecule has 1 amide bonds. The third-order valence-corrected chi connectivity index (χ3v) is 4.64. The van der Waals surface area contributed by atoms with E-state index < -0.39 is 0 Å². The molecule has 0 spiro atoms. The summed E-state index contributed by atoms with van der Waals surface area (Å²) >= 11 is 0. The van der Waals surface area contributed by atoms with E-state index in [1.807, 2.05) is 49.5 Å². The van der Waals surface area contributed by atoms with Crippen LogP contribution in [0.15, 0.2) is 48.5 Å². The van der Waals surface area contributed by atoms with Crippen LogP contribution in [-0.4, -0.2) is 50.7 Å². The maximum absolute atomic E-state index is 12.7. The van der Waals surface area contributed by atoms with Gasteiger partial charge in [0.25, 0.3) is 5.91 Å². The minimum absolute atomic E-state index is 0.000487. The van der Waals surface area contributed by atoms with Crippen LogP contribution in [0, 0.1) is 0 Å². The number of likely N-dealkylation sites (N-methyl/N-ethyl adjacent to an activating group) is 2. The highest BCUT2D eigenvalue weighted by Crippen LogP contribution is 2.32. The number of fused-ring (bicyclic) bond motifs is 1. The van der Waals surface area contributed by atoms with Gasteiger partial charge in [-0.2, -0.15) is 0 Å². The maximum atomic E-state index is 12.7. The van der Waals surface area contributed by atoms with Gasteiger partial charge in [-0.25, -0.2) is 0 Å². The first-order valence-corrected chi connectivity index (χ1v) is 8.96. The average Bonchev–Trinajstić information content (AvgIpc) is 2.67. The lowest BCUT2D eigenvalue weighted by atomic mass is 10.1. The maximum Gasteiger partial charge on any atom is 0.253 e. The molecule has 0 N–H and O–H groups in total. The molecular weight excluding hydrogens is 328 g/mol. The molecule has 0 radical (unpaired) electrons. The first-order chi connectivity index (χ1) is 12.6. The molecule has 0 saturated heterocycles. The monoisotopic (exact) mass is 354 g/mol. The van der Waals surface area contributed by atoms with Crippen LogP contribution in [0.25, 0.3) is 0 Å². The smallest absolute Gasteiger partial charge is 0.253 e. The lowest BCUT2D eigenvalue weighted by Crippen LogP contribution is -2.46. The van der Waals surface area contributed by atoms with Crippen LogP contribution in [0.5, 0.6) is 5.75 Å². The van der Waals surface area contributed by atoms with Crippen molar-refractivity contribution in [3.63, 3.8) is 0 Å². The molecule has 0 bridgehead atoms. The van der Waals surface area contributed by atoms with E-state index in [0.29, 0.717) is 18.7 Å². The number of carbonyl (C=O) groups is 1. The number of anilines is 1. The van der Waals surface area contributed by atoms with E-state index in [-0.39, 0.29) is 12.0 Å². The van der Waals surface area contributed by atoms with Crippen molar-refractivity contribution in [2.75, 3.05) is 38.7 Å². The molecule has 0 unspecified atom stereocenters. The second-order valence-corrected chi connectivity index (χ2v) is 6.56. The van der Waals surface area contributed by atoms with Crippen molar-refractivity contribution in [2.24, 2.45) is 0 Å². The van der Waals surface area contributed by atoms with Crippen LogP contribution >= 0.6 is 0 Å². The Morgan fingerprint density at radius 2 is 1.96 bits per heavy atom. The Morgan fingerprint density at radius 3 is 2.65 bits per heavy atom. The number of nitrogens with zero attached hydrogens (tertiary/aromatic N) is 2. The van der Waals surface area contributed by atoms with Gasteiger partial charge < -0.3 is 19.3 Å². The van der Waals surface area contributed by atoms with Gasteiger partial charge in [-0.3, -0.25) is 4.79 Å². The Bertz CT molecular complexity index is 745. The summed E-state index contributed by atoms with van der Waals surface area (Å²) in [5.74, 6) is 0.884. The van der Waals surface area contributed by atoms with E-state index in [4.69, 9.17) is 9.47 Å². The fraction of sp³-hybridized carbons (Fsp3) is 0.381. The van der Waals surface area contributed by atoms with E-state index in [0.717, 1.165) is 30.1 Å². The van der Waals surface area contributed by atoms with E-state index in [1.165, 1.54) is 0 Å². The number of hydrogen-bond donors (Lipinski definition) is 0. The molecule has 1 heterocycles. The predicted octanol–water partition coefficient (Wildman–Crippen LogP) is 3.19. The highest BCUT2D eigenvalue weighted by Gasteiger charge is 2.26. The first kappa shape index (κ1) is 18.3. The van der Waals surface area contributed by atoms with Gasteiger partial charge in [-0.05, 0) is 36.8 Å². The van der Waals surface area contributed by atoms with Crippen molar-refractivity contribution >= 4 is 11.6 Å². The number of carbonyl (C=O) groups excluding carboxylic acids is 1. The van der Waals surface area contributed by atoms with Crippen molar-refractivity contribution in [3.8, 4) is 5.75 Å². The molecular formula is C21H26N2O3. The van der Waals surface area contributed by atoms with Gasteiger partial charge in [0.1, 0.15) is 11.9 Å². The van der Waals surface area contributed by atoms with Crippen LogP contribution in [0.2, 0.25) is 0 Å². The summed E-state index contributed by atoms with van der Waals surface area (Å²) in [6, 6.07) is 15.6. The minimum Gasteiger partial charge on any atom is -0.485 e. The van der Waals surface area contributed by atoms with Gasteiger partial charge in [0.05, 0.1) is 25.4 Å². The second kappa shape index (κ2) is 8.23. The minimum atomic E-state index is -0.0495. The number of methoxy groups -OCH3 is 1. The quantitative estimate of drug-likeness (QED) is 0.799. The highest BCUT2D eigenvalue weighted by atomic mass is 16.5. The molecule has 3 rings (SSSR count). The normalized spacial score (nSPS) is 16.0. The Balaban J connectivity index is 1.66. The SMILES string of the molecule is CCN1C[C@H](CN(C)C(=O)c2ccc(COC)cc2)Oc2ccccc21. The van der Waals surface area contributed by atoms with E-state index >= 15 is 0 Å². The molecule has 0 fully saturated rings. The molecule has 0 saturated carbocycles. The molecule has 2 aromatic carbocycles. The molecule has 5 nitrogen and oxygen atoms in total. The standard InChI is InChI=1S/C21H26N2O3/c1-4-23-14-18(26-20-8-6-5-7-19(20)23)13-22(2)21(24)17-11-9-16(10-12-17)15-25-3/h5-12,18H,4,13-15H2,1-3H3/t18-/m0/s1. The van der Waals surface area contributed by atoms with E-state index in [1.54, 1.807) is 12.0 Å². The lowest BCUT2D eigenvalue weighted by Gasteiger charge is -2.37. The van der Waals surface area contributed by atoms with Crippen LogP contribution in [0.1, 0.15) is 22.8 Å². The summed E-state index contributed by atoms with van der Waals surface area (Å²) in [5.41, 5.74) is 2.85. The molecule has 1 aliphatic rings. The fourth-order valence-corrected chi connectivity index (χ4v) is 3.29. The largest absolute Gasteiger partial charge is 0.485 e. The van der Waals surface area contributed by atoms with E-state index in [2.05, 4.69) is 17.9 Å². The molecule has 2 aromatic rings. The van der Waals surface area contributed by atoms with Crippen molar-refractivity contribution < 1.29 is 14.3 Å². The van der Waals surface area contributed by atoms with Gasteiger partial charge in [-0.1, -0.05) is 24.3 Å². The summed E-state index contributed by atoms with van der Waals surface area (Å²) in [6.07, 6.45) is -0.0495. The lowest BCUT2D eigenvalue weighted by molar-refractivity contribution is 0.0709. The zero-order chi connectivity index (χ0) is 18.5. The molecule has 138 valence electrons. The fourth-order valence-electron chi connectivity index (χ4n) is 3.29. The van der Waals surface area contributed by atoms with Crippen molar-refractivity contribution in [2.45, 2.75) is 19.6 Å². The topological polar surface area (TPSA) is 42.0 Å². The molecule has 1 atom stereocenters. The molecule has 26 heavy (non-hydrogen) atoms. The summed E-state index contributed by atoms with van der Waals surface area (Å²) in [5, 5.41) is 0. The summed E-state index contributed by atoms with van der Waals surface area (Å²) in [6.45, 7) is 4.92. The highest BCUT2D eigenvalue weighted by molar-refractivity contribution is 5.94. The zero-order valence-corrected chi connectivity index (χ0v) is 15.6. The number of rotatable bonds is 6. The third-order valence-electron chi connectivity index (χ3n) is 4.64. The Hall–Kier alpha value is -2.53. The zero-order valence-electron chi connectivity index (χ0n) is 15.6. The summed E-state index contributed by atoms with van der Waals surface area (Å²) in [7, 11) is 3.49. The Kier molecular flexibility index (Phi) is 5.78. The Labute approximate surface area is 155 Å². The molecule has 5 heteroatoms. The number of hydrogen-bond acceptors (Lipinski definition) is 4. The number of amides is 1. The average molecular weight is 354 g/mol. The number of para-hydroxylation sites is 2. The van der Waals surface area contributed by atoms with Crippen molar-refractivity contribution in [3.05, 3.63) is 59.7 Å². The number of benzene rings is 2. The Morgan fingerprint density at radius 1 is 1.23 bits per heavy atom. The van der Waals surface area contributed by atoms with Crippen LogP contribution < -0.4 is 9.64 Å². The molecule has 1 aliphatic heterocycles. The van der Waals surface area contributed by atoms with Crippen LogP contribution in [-0.2, 0) is 11.3 Å². The molecule has 0 aromatic heterocycles. The van der Waals surface area contributed by atoms with E-state index in [9.17, 15) is 4.79 Å². The third kappa shape index (κ3) is 3.99. The first-order valence-electron chi connectivity index (χ1n) is 8.96. The van der Waals surface area contributed by atoms with Crippen molar-refractivity contribution in [1.29, 1.82) is 0 Å². The van der Waals surface area contributed by atoms with Gasteiger partial charge in [0.15, 0.2) is 0 Å². The van der Waals surface area contributed by atoms with Gasteiger partial charge in [0, 0.05) is 26.3 Å². The second-order valence-electron chi connectivity index (χ2n) is 6.56. The summed E-state index contributed by atoms with van der Waals surface area (Å²) in [4.78, 5) is 16.7. The van der Waals surface area contributed by atoms with Gasteiger partial charge in [0.2, 0.25) is 0 Å². The molecule has 0 aliphatic carbocycles. The number of ether oxygens (including phenoxy) is 2. The predicted molar refractivity (Wildman–Crippen MR) is 103 cm³/mol. The van der Waals surface area contributed by atoms with Crippen LogP contribution in [0.3, 0.4) is 0 Å².